The van der Waals surface area contributed by atoms with Crippen molar-refractivity contribution >= 4 is 45.9 Å². The molecule has 2 saturated heterocycles. The van der Waals surface area contributed by atoms with E-state index in [0.29, 0.717) is 31.2 Å². The number of alkyl carbamates (subject to hydrolysis) is 1. The van der Waals surface area contributed by atoms with Crippen molar-refractivity contribution in [2.24, 2.45) is 5.92 Å². The number of hydrogen-bond donors (Lipinski definition) is 4. The predicted octanol–water partition coefficient (Wildman–Crippen LogP) is 2.93. The van der Waals surface area contributed by atoms with E-state index < -0.39 is 80.5 Å². The fourth-order valence-electron chi connectivity index (χ4n) is 7.58. The highest BCUT2D eigenvalue weighted by molar-refractivity contribution is 7.91. The summed E-state index contributed by atoms with van der Waals surface area (Å²) in [6.07, 6.45) is 3.24. The molecule has 0 unspecified atom stereocenters. The van der Waals surface area contributed by atoms with Crippen molar-refractivity contribution in [2.45, 2.75) is 139 Å². The Hall–Kier alpha value is -4.41. The fraction of sp³-hybridized carbons (Fsp3) is 0.667. The number of amides is 5. The fourth-order valence-corrected chi connectivity index (χ4v) is 8.94. The van der Waals surface area contributed by atoms with Crippen molar-refractivity contribution in [1.82, 2.24) is 25.2 Å². The van der Waals surface area contributed by atoms with Gasteiger partial charge in [-0.1, -0.05) is 38.2 Å². The Balaban J connectivity index is 1.23. The maximum absolute atomic E-state index is 14.3. The molecule has 2 saturated carbocycles. The zero-order valence-corrected chi connectivity index (χ0v) is 31.2. The van der Waals surface area contributed by atoms with E-state index in [4.69, 9.17) is 9.47 Å². The Labute approximate surface area is 308 Å². The summed E-state index contributed by atoms with van der Waals surface area (Å²) in [4.78, 5) is 82.7. The van der Waals surface area contributed by atoms with Crippen LogP contribution in [0.4, 0.5) is 9.59 Å². The van der Waals surface area contributed by atoms with Gasteiger partial charge in [0.05, 0.1) is 17.4 Å². The Morgan fingerprint density at radius 1 is 0.962 bits per heavy atom. The van der Waals surface area contributed by atoms with Crippen molar-refractivity contribution in [2.75, 3.05) is 6.54 Å². The van der Waals surface area contributed by atoms with Gasteiger partial charge in [-0.15, -0.1) is 0 Å². The minimum atomic E-state index is -3.90. The van der Waals surface area contributed by atoms with Crippen LogP contribution in [0.1, 0.15) is 113 Å². The highest BCUT2D eigenvalue weighted by Crippen LogP contribution is 2.48. The van der Waals surface area contributed by atoms with Crippen LogP contribution in [0.5, 0.6) is 0 Å². The van der Waals surface area contributed by atoms with Gasteiger partial charge in [0.1, 0.15) is 29.3 Å². The number of ether oxygens (including phenoxy) is 2. The SMILES string of the molecule is CC(C)(C)OC(=O)N[C@H]1CCCCCCC[C@@H]2C[C@@]2(C(=O)NS(=O)(=O)C2CC2)NC(=O)[C@@H]2C[C@@H](OC(=O)N3Cc4ccc(C(=O)O)cc4C3)CN2C1=O. The first-order chi connectivity index (χ1) is 25.0. The van der Waals surface area contributed by atoms with E-state index in [1.54, 1.807) is 26.8 Å². The van der Waals surface area contributed by atoms with Gasteiger partial charge in [-0.2, -0.15) is 0 Å². The zero-order chi connectivity index (χ0) is 38.3. The van der Waals surface area contributed by atoms with Gasteiger partial charge in [0, 0.05) is 19.5 Å². The van der Waals surface area contributed by atoms with Crippen LogP contribution in [0.25, 0.3) is 0 Å². The van der Waals surface area contributed by atoms with E-state index in [-0.39, 0.29) is 50.4 Å². The minimum absolute atomic E-state index is 0.0906. The molecule has 0 radical (unpaired) electrons. The summed E-state index contributed by atoms with van der Waals surface area (Å²) in [6, 6.07) is 2.33. The van der Waals surface area contributed by atoms with Crippen molar-refractivity contribution < 1.29 is 51.8 Å². The lowest BCUT2D eigenvalue weighted by molar-refractivity contribution is -0.141. The molecule has 1 aromatic carbocycles. The summed E-state index contributed by atoms with van der Waals surface area (Å²) in [5, 5.41) is 14.2. The van der Waals surface area contributed by atoms with Gasteiger partial charge in [-0.25, -0.2) is 22.8 Å². The standard InChI is InChI=1S/C36H49N5O11S/c1-35(2,3)52-33(47)37-27-10-8-6-4-5-7-9-24-17-36(24,32(46)39-53(49,50)26-13-14-26)38-29(42)28-16-25(20-41(28)30(27)43)51-34(48)40-18-22-12-11-21(31(44)45)15-23(22)19-40/h11-12,15,24-28H,4-10,13-14,16-20H2,1-3H3,(H,37,47)(H,38,42)(H,39,46)(H,44,45)/t24-,25-,27+,28+,36-/m1/s1. The number of carbonyl (C=O) groups is 6. The van der Waals surface area contributed by atoms with E-state index >= 15 is 0 Å². The molecule has 6 rings (SSSR count). The van der Waals surface area contributed by atoms with Crippen molar-refractivity contribution in [3.8, 4) is 0 Å². The molecule has 3 aliphatic heterocycles. The molecule has 3 heterocycles. The molecule has 2 aliphatic carbocycles. The molecule has 290 valence electrons. The van der Waals surface area contributed by atoms with E-state index in [1.165, 1.54) is 21.9 Å². The Bertz CT molecular complexity index is 1770. The van der Waals surface area contributed by atoms with Crippen LogP contribution in [0.15, 0.2) is 18.2 Å². The van der Waals surface area contributed by atoms with Crippen molar-refractivity contribution in [3.63, 3.8) is 0 Å². The number of aromatic carboxylic acids is 1. The van der Waals surface area contributed by atoms with E-state index in [9.17, 15) is 42.3 Å². The maximum Gasteiger partial charge on any atom is 0.410 e. The Morgan fingerprint density at radius 2 is 1.64 bits per heavy atom. The molecule has 5 aliphatic rings. The third kappa shape index (κ3) is 8.87. The molecule has 4 fully saturated rings. The summed E-state index contributed by atoms with van der Waals surface area (Å²) in [6.45, 7) is 5.19. The first-order valence-corrected chi connectivity index (χ1v) is 20.0. The number of carboxylic acids is 1. The van der Waals surface area contributed by atoms with Gasteiger partial charge < -0.3 is 30.1 Å². The summed E-state index contributed by atoms with van der Waals surface area (Å²) >= 11 is 0. The number of sulfonamides is 1. The predicted molar refractivity (Wildman–Crippen MR) is 188 cm³/mol. The van der Waals surface area contributed by atoms with Gasteiger partial charge >= 0.3 is 18.2 Å². The van der Waals surface area contributed by atoms with Gasteiger partial charge in [0.2, 0.25) is 21.8 Å². The van der Waals surface area contributed by atoms with Gasteiger partial charge in [-0.3, -0.25) is 24.0 Å². The minimum Gasteiger partial charge on any atom is -0.478 e. The zero-order valence-electron chi connectivity index (χ0n) is 30.4. The molecule has 0 spiro atoms. The molecule has 17 heteroatoms. The number of benzene rings is 1. The van der Waals surface area contributed by atoms with Gasteiger partial charge in [0.15, 0.2) is 0 Å². The lowest BCUT2D eigenvalue weighted by atomic mass is 10.0. The number of rotatable bonds is 6. The molecule has 53 heavy (non-hydrogen) atoms. The summed E-state index contributed by atoms with van der Waals surface area (Å²) in [5.74, 6) is -3.47. The van der Waals surface area contributed by atoms with E-state index in [2.05, 4.69) is 15.4 Å². The Kier molecular flexibility index (Phi) is 10.7. The third-order valence-electron chi connectivity index (χ3n) is 10.6. The number of fused-ring (bicyclic) bond motifs is 3. The van der Waals surface area contributed by atoms with Crippen LogP contribution in [-0.2, 0) is 47.0 Å². The molecule has 0 bridgehead atoms. The number of carboxylic acid groups (broad SMARTS) is 1. The first-order valence-electron chi connectivity index (χ1n) is 18.4. The monoisotopic (exact) mass is 759 g/mol. The van der Waals surface area contributed by atoms with Crippen LogP contribution >= 0.6 is 0 Å². The third-order valence-corrected chi connectivity index (χ3v) is 12.5. The highest BCUT2D eigenvalue weighted by Gasteiger charge is 2.62. The first kappa shape index (κ1) is 38.3. The smallest absolute Gasteiger partial charge is 0.410 e. The van der Waals surface area contributed by atoms with Crippen LogP contribution in [-0.4, -0.2) is 100 Å². The quantitative estimate of drug-likeness (QED) is 0.331. The van der Waals surface area contributed by atoms with E-state index in [1.807, 2.05) is 0 Å². The second-order valence-electron chi connectivity index (χ2n) is 16.0. The van der Waals surface area contributed by atoms with Crippen LogP contribution in [0, 0.1) is 5.92 Å². The maximum atomic E-state index is 14.3. The van der Waals surface area contributed by atoms with Crippen molar-refractivity contribution in [1.29, 1.82) is 0 Å². The molecule has 5 atom stereocenters. The lowest BCUT2D eigenvalue weighted by Gasteiger charge is -2.30. The van der Waals surface area contributed by atoms with Gasteiger partial charge in [-0.05, 0) is 82.1 Å². The number of nitrogens with one attached hydrogen (secondary N) is 3. The number of nitrogens with zero attached hydrogens (tertiary/aromatic N) is 2. The molecule has 16 nitrogen and oxygen atoms in total. The molecule has 0 aromatic heterocycles. The van der Waals surface area contributed by atoms with E-state index in [0.717, 1.165) is 31.2 Å². The Morgan fingerprint density at radius 3 is 2.32 bits per heavy atom. The lowest BCUT2D eigenvalue weighted by Crippen LogP contribution is -2.58. The average molecular weight is 760 g/mol. The molecule has 5 amide bonds. The van der Waals surface area contributed by atoms with Crippen LogP contribution < -0.4 is 15.4 Å². The number of hydrogen-bond acceptors (Lipinski definition) is 10. The van der Waals surface area contributed by atoms with Crippen LogP contribution in [0.3, 0.4) is 0 Å². The van der Waals surface area contributed by atoms with Crippen LogP contribution in [0.2, 0.25) is 0 Å². The molecule has 4 N–H and O–H groups in total. The molecular weight excluding hydrogens is 710 g/mol. The molecular formula is C36H49N5O11S. The summed E-state index contributed by atoms with van der Waals surface area (Å²) in [5.41, 5.74) is -0.795. The number of carbonyl (C=O) groups excluding carboxylic acids is 5. The van der Waals surface area contributed by atoms with Crippen molar-refractivity contribution in [3.05, 3.63) is 34.9 Å². The summed E-state index contributed by atoms with van der Waals surface area (Å²) < 4.78 is 39.1. The second-order valence-corrected chi connectivity index (χ2v) is 17.9. The normalized spacial score (nSPS) is 27.9. The van der Waals surface area contributed by atoms with Gasteiger partial charge in [0.25, 0.3) is 5.91 Å². The second kappa shape index (κ2) is 14.8. The summed E-state index contributed by atoms with van der Waals surface area (Å²) in [7, 11) is -3.90. The largest absolute Gasteiger partial charge is 0.478 e. The topological polar surface area (TPSA) is 218 Å². The highest BCUT2D eigenvalue weighted by atomic mass is 32.2. The molecule has 1 aromatic rings. The average Bonchev–Trinajstić information content (AvgIpc) is 3.96.